The first-order chi connectivity index (χ1) is 18.1. The van der Waals surface area contributed by atoms with Crippen LogP contribution in [0.5, 0.6) is 0 Å². The number of sulfonamides is 1. The van der Waals surface area contributed by atoms with Crippen molar-refractivity contribution in [3.05, 3.63) is 93.9 Å². The van der Waals surface area contributed by atoms with Crippen LogP contribution >= 0.6 is 27.5 Å². The molecular formula is C28H31BrClN3O4S. The minimum Gasteiger partial charge on any atom is -0.354 e. The first kappa shape index (κ1) is 29.7. The third kappa shape index (κ3) is 7.82. The fraction of sp³-hybridized carbons (Fsp3) is 0.286. The van der Waals surface area contributed by atoms with Crippen LogP contribution in [0.1, 0.15) is 32.3 Å². The normalized spacial score (nSPS) is 12.0. The third-order valence-corrected chi connectivity index (χ3v) is 8.56. The highest BCUT2D eigenvalue weighted by molar-refractivity contribution is 9.10. The predicted octanol–water partition coefficient (Wildman–Crippen LogP) is 5.63. The number of nitrogens with zero attached hydrogens (tertiary/aromatic N) is 2. The van der Waals surface area contributed by atoms with Gasteiger partial charge in [-0.1, -0.05) is 71.2 Å². The molecule has 202 valence electrons. The molecule has 0 radical (unpaired) electrons. The number of unbranched alkanes of at least 4 members (excludes halogenated alkanes) is 1. The highest BCUT2D eigenvalue weighted by Gasteiger charge is 2.32. The summed E-state index contributed by atoms with van der Waals surface area (Å²) < 4.78 is 29.2. The number of hydrogen-bond acceptors (Lipinski definition) is 4. The number of rotatable bonds is 12. The fourth-order valence-electron chi connectivity index (χ4n) is 3.76. The zero-order valence-corrected chi connectivity index (χ0v) is 24.5. The van der Waals surface area contributed by atoms with Crippen LogP contribution in [0, 0.1) is 0 Å². The van der Waals surface area contributed by atoms with E-state index in [1.54, 1.807) is 73.7 Å². The molecule has 0 heterocycles. The van der Waals surface area contributed by atoms with E-state index in [2.05, 4.69) is 21.2 Å². The average Bonchev–Trinajstić information content (AvgIpc) is 2.92. The monoisotopic (exact) mass is 619 g/mol. The van der Waals surface area contributed by atoms with E-state index in [-0.39, 0.29) is 17.3 Å². The fourth-order valence-corrected chi connectivity index (χ4v) is 5.59. The summed E-state index contributed by atoms with van der Waals surface area (Å²) in [7, 11) is -4.09. The van der Waals surface area contributed by atoms with Gasteiger partial charge in [0, 0.05) is 22.6 Å². The molecule has 0 aromatic heterocycles. The molecule has 2 amide bonds. The van der Waals surface area contributed by atoms with E-state index in [1.807, 2.05) is 6.92 Å². The molecule has 3 rings (SSSR count). The highest BCUT2D eigenvalue weighted by Crippen LogP contribution is 2.26. The number of halogens is 2. The maximum Gasteiger partial charge on any atom is 0.264 e. The summed E-state index contributed by atoms with van der Waals surface area (Å²) in [5.74, 6) is -0.817. The van der Waals surface area contributed by atoms with Crippen LogP contribution in [0.4, 0.5) is 5.69 Å². The number of anilines is 1. The van der Waals surface area contributed by atoms with Gasteiger partial charge in [0.2, 0.25) is 11.8 Å². The Balaban J connectivity index is 1.97. The lowest BCUT2D eigenvalue weighted by Gasteiger charge is -2.32. The second kappa shape index (κ2) is 13.8. The Morgan fingerprint density at radius 3 is 2.21 bits per heavy atom. The van der Waals surface area contributed by atoms with E-state index in [1.165, 1.54) is 17.0 Å². The molecule has 0 aliphatic heterocycles. The number of carbonyl (C=O) groups is 2. The number of hydrogen-bond donors (Lipinski definition) is 1. The van der Waals surface area contributed by atoms with E-state index in [0.717, 1.165) is 27.2 Å². The van der Waals surface area contributed by atoms with Crippen molar-refractivity contribution < 1.29 is 18.0 Å². The van der Waals surface area contributed by atoms with Crippen LogP contribution in [-0.4, -0.2) is 44.3 Å². The van der Waals surface area contributed by atoms with Gasteiger partial charge >= 0.3 is 0 Å². The van der Waals surface area contributed by atoms with E-state index < -0.39 is 28.5 Å². The van der Waals surface area contributed by atoms with Gasteiger partial charge in [0.1, 0.15) is 12.6 Å². The smallest absolute Gasteiger partial charge is 0.264 e. The average molecular weight is 621 g/mol. The summed E-state index contributed by atoms with van der Waals surface area (Å²) in [5.41, 5.74) is 1.09. The molecule has 0 unspecified atom stereocenters. The van der Waals surface area contributed by atoms with Crippen molar-refractivity contribution in [2.24, 2.45) is 0 Å². The Hall–Kier alpha value is -2.88. The molecule has 1 N–H and O–H groups in total. The minimum absolute atomic E-state index is 0.0605. The van der Waals surface area contributed by atoms with Crippen LogP contribution in [0.25, 0.3) is 0 Å². The van der Waals surface area contributed by atoms with E-state index in [9.17, 15) is 18.0 Å². The zero-order chi connectivity index (χ0) is 27.7. The summed E-state index contributed by atoms with van der Waals surface area (Å²) in [4.78, 5) is 28.2. The highest BCUT2D eigenvalue weighted by atomic mass is 79.9. The second-order valence-corrected chi connectivity index (χ2v) is 12.0. The molecule has 3 aromatic carbocycles. The van der Waals surface area contributed by atoms with Gasteiger partial charge in [-0.25, -0.2) is 8.42 Å². The van der Waals surface area contributed by atoms with E-state index in [0.29, 0.717) is 17.3 Å². The molecule has 0 bridgehead atoms. The SMILES string of the molecule is CCCCNC(=O)[C@H](C)N(Cc1ccc(Cl)cc1)C(=O)CN(c1ccc(Br)cc1)S(=O)(=O)c1ccccc1. The standard InChI is InChI=1S/C28H31BrClN3O4S/c1-3-4-18-31-28(35)21(2)32(19-22-10-14-24(30)15-11-22)27(34)20-33(25-16-12-23(29)13-17-25)38(36,37)26-8-6-5-7-9-26/h5-17,21H,3-4,18-20H2,1-2H3,(H,31,35)/t21-/m0/s1. The van der Waals surface area contributed by atoms with Crippen LogP contribution in [0.2, 0.25) is 5.02 Å². The maximum atomic E-state index is 13.8. The van der Waals surface area contributed by atoms with Crippen LogP contribution in [0.3, 0.4) is 0 Å². The summed E-state index contributed by atoms with van der Waals surface area (Å²) >= 11 is 9.40. The molecule has 10 heteroatoms. The molecule has 0 saturated carbocycles. The van der Waals surface area contributed by atoms with Crippen LogP contribution in [-0.2, 0) is 26.2 Å². The van der Waals surface area contributed by atoms with Crippen LogP contribution < -0.4 is 9.62 Å². The molecule has 3 aromatic rings. The van der Waals surface area contributed by atoms with Gasteiger partial charge in [0.15, 0.2) is 0 Å². The van der Waals surface area contributed by atoms with Gasteiger partial charge in [-0.3, -0.25) is 13.9 Å². The minimum atomic E-state index is -4.09. The van der Waals surface area contributed by atoms with E-state index >= 15 is 0 Å². The van der Waals surface area contributed by atoms with Gasteiger partial charge in [-0.05, 0) is 67.4 Å². The summed E-state index contributed by atoms with van der Waals surface area (Å²) in [6.07, 6.45) is 1.73. The van der Waals surface area contributed by atoms with E-state index in [4.69, 9.17) is 11.6 Å². The van der Waals surface area contributed by atoms with Crippen molar-refractivity contribution in [1.82, 2.24) is 10.2 Å². The van der Waals surface area contributed by atoms with Crippen molar-refractivity contribution in [1.29, 1.82) is 0 Å². The Morgan fingerprint density at radius 1 is 0.974 bits per heavy atom. The zero-order valence-electron chi connectivity index (χ0n) is 21.3. The Labute approximate surface area is 238 Å². The number of amides is 2. The summed E-state index contributed by atoms with van der Waals surface area (Å²) in [6.45, 7) is 3.79. The van der Waals surface area contributed by atoms with Crippen molar-refractivity contribution in [2.45, 2.75) is 44.2 Å². The van der Waals surface area contributed by atoms with Gasteiger partial charge in [0.25, 0.3) is 10.0 Å². The molecule has 0 spiro atoms. The van der Waals surface area contributed by atoms with Crippen molar-refractivity contribution in [3.8, 4) is 0 Å². The molecule has 38 heavy (non-hydrogen) atoms. The van der Waals surface area contributed by atoms with Crippen molar-refractivity contribution >= 4 is 55.1 Å². The molecule has 7 nitrogen and oxygen atoms in total. The molecular weight excluding hydrogens is 590 g/mol. The topological polar surface area (TPSA) is 86.8 Å². The Kier molecular flexibility index (Phi) is 10.8. The number of benzene rings is 3. The maximum absolute atomic E-state index is 13.8. The first-order valence-corrected chi connectivity index (χ1v) is 14.9. The largest absolute Gasteiger partial charge is 0.354 e. The Morgan fingerprint density at radius 2 is 1.61 bits per heavy atom. The van der Waals surface area contributed by atoms with Gasteiger partial charge in [0.05, 0.1) is 10.6 Å². The van der Waals surface area contributed by atoms with Crippen molar-refractivity contribution in [3.63, 3.8) is 0 Å². The quantitative estimate of drug-likeness (QED) is 0.266. The van der Waals surface area contributed by atoms with Gasteiger partial charge in [-0.2, -0.15) is 0 Å². The third-order valence-electron chi connectivity index (χ3n) is 5.99. The Bertz CT molecular complexity index is 1320. The predicted molar refractivity (Wildman–Crippen MR) is 154 cm³/mol. The lowest BCUT2D eigenvalue weighted by molar-refractivity contribution is -0.139. The van der Waals surface area contributed by atoms with Crippen molar-refractivity contribution in [2.75, 3.05) is 17.4 Å². The molecule has 0 aliphatic carbocycles. The summed E-state index contributed by atoms with van der Waals surface area (Å²) in [6, 6.07) is 20.8. The van der Waals surface area contributed by atoms with Gasteiger partial charge in [-0.15, -0.1) is 0 Å². The molecule has 0 aliphatic rings. The molecule has 1 atom stereocenters. The van der Waals surface area contributed by atoms with Gasteiger partial charge < -0.3 is 10.2 Å². The summed E-state index contributed by atoms with van der Waals surface area (Å²) in [5, 5.41) is 3.42. The lowest BCUT2D eigenvalue weighted by atomic mass is 10.1. The second-order valence-electron chi connectivity index (χ2n) is 8.77. The van der Waals surface area contributed by atoms with Crippen LogP contribution in [0.15, 0.2) is 88.2 Å². The number of carbonyl (C=O) groups excluding carboxylic acids is 2. The number of nitrogens with one attached hydrogen (secondary N) is 1. The lowest BCUT2D eigenvalue weighted by Crippen LogP contribution is -2.51. The first-order valence-electron chi connectivity index (χ1n) is 12.3. The molecule has 0 fully saturated rings. The molecule has 0 saturated heterocycles.